The van der Waals surface area contributed by atoms with Crippen LogP contribution in [0.4, 0.5) is 29.1 Å². The van der Waals surface area contributed by atoms with Crippen molar-refractivity contribution in [2.45, 2.75) is 6.42 Å². The third kappa shape index (κ3) is 4.64. The van der Waals surface area contributed by atoms with E-state index in [2.05, 4.69) is 15.6 Å². The zero-order valence-corrected chi connectivity index (χ0v) is 14.5. The van der Waals surface area contributed by atoms with Crippen LogP contribution in [0.1, 0.15) is 15.9 Å². The molecule has 144 valence electrons. The monoisotopic (exact) mass is 389 g/mol. The molecular weight excluding hydrogens is 374 g/mol. The molecule has 0 atom stereocenters. The van der Waals surface area contributed by atoms with Crippen LogP contribution in [-0.2, 0) is 6.42 Å². The van der Waals surface area contributed by atoms with E-state index in [1.807, 2.05) is 0 Å². The molecule has 1 amide bonds. The quantitative estimate of drug-likeness (QED) is 0.481. The van der Waals surface area contributed by atoms with E-state index in [-0.39, 0.29) is 11.5 Å². The van der Waals surface area contributed by atoms with Crippen molar-refractivity contribution in [1.82, 2.24) is 4.98 Å². The van der Waals surface area contributed by atoms with Crippen molar-refractivity contribution < 1.29 is 22.4 Å². The topological polar surface area (TPSA) is 54.0 Å². The van der Waals surface area contributed by atoms with E-state index < -0.39 is 28.9 Å². The van der Waals surface area contributed by atoms with Gasteiger partial charge in [-0.15, -0.1) is 0 Å². The van der Waals surface area contributed by atoms with Gasteiger partial charge in [-0.3, -0.25) is 4.79 Å². The molecule has 1 heterocycles. The van der Waals surface area contributed by atoms with Gasteiger partial charge in [0.15, 0.2) is 17.5 Å². The molecule has 1 aromatic heterocycles. The fourth-order valence-electron chi connectivity index (χ4n) is 2.46. The Morgan fingerprint density at radius 3 is 2.32 bits per heavy atom. The zero-order chi connectivity index (χ0) is 20.1. The maximum absolute atomic E-state index is 13.7. The number of pyridine rings is 1. The van der Waals surface area contributed by atoms with Gasteiger partial charge in [-0.25, -0.2) is 22.5 Å². The van der Waals surface area contributed by atoms with Crippen molar-refractivity contribution in [3.63, 3.8) is 0 Å². The van der Waals surface area contributed by atoms with Crippen molar-refractivity contribution in [3.8, 4) is 0 Å². The molecule has 2 N–H and O–H groups in total. The summed E-state index contributed by atoms with van der Waals surface area (Å²) < 4.78 is 52.7. The second-order valence-corrected chi connectivity index (χ2v) is 5.91. The molecule has 28 heavy (non-hydrogen) atoms. The maximum Gasteiger partial charge on any atom is 0.258 e. The van der Waals surface area contributed by atoms with Gasteiger partial charge in [-0.2, -0.15) is 0 Å². The molecule has 0 fully saturated rings. The number of benzene rings is 2. The number of anilines is 2. The van der Waals surface area contributed by atoms with E-state index in [0.717, 1.165) is 11.6 Å². The first-order chi connectivity index (χ1) is 13.4. The maximum atomic E-state index is 13.7. The lowest BCUT2D eigenvalue weighted by Crippen LogP contribution is -2.15. The van der Waals surface area contributed by atoms with Crippen molar-refractivity contribution in [3.05, 3.63) is 89.1 Å². The molecule has 0 bridgehead atoms. The zero-order valence-electron chi connectivity index (χ0n) is 14.5. The van der Waals surface area contributed by atoms with Gasteiger partial charge in [0, 0.05) is 6.54 Å². The second kappa shape index (κ2) is 8.51. The lowest BCUT2D eigenvalue weighted by atomic mass is 10.1. The van der Waals surface area contributed by atoms with E-state index in [4.69, 9.17) is 0 Å². The van der Waals surface area contributed by atoms with E-state index in [1.165, 1.54) is 24.4 Å². The van der Waals surface area contributed by atoms with Gasteiger partial charge in [-0.05, 0) is 48.4 Å². The third-order valence-electron chi connectivity index (χ3n) is 3.93. The van der Waals surface area contributed by atoms with Crippen LogP contribution in [0.5, 0.6) is 0 Å². The van der Waals surface area contributed by atoms with Gasteiger partial charge in [0.05, 0.1) is 17.4 Å². The summed E-state index contributed by atoms with van der Waals surface area (Å²) in [7, 11) is 0. The van der Waals surface area contributed by atoms with Gasteiger partial charge < -0.3 is 10.6 Å². The molecule has 0 saturated carbocycles. The van der Waals surface area contributed by atoms with E-state index >= 15 is 0 Å². The summed E-state index contributed by atoms with van der Waals surface area (Å²) in [5.74, 6) is -5.29. The summed E-state index contributed by atoms with van der Waals surface area (Å²) in [6.45, 7) is 0.560. The number of aromatic nitrogens is 1. The van der Waals surface area contributed by atoms with Gasteiger partial charge in [0.2, 0.25) is 0 Å². The number of hydrogen-bond donors (Lipinski definition) is 2. The number of amides is 1. The molecule has 0 unspecified atom stereocenters. The predicted molar refractivity (Wildman–Crippen MR) is 97.1 cm³/mol. The van der Waals surface area contributed by atoms with Gasteiger partial charge >= 0.3 is 0 Å². The molecule has 0 aliphatic heterocycles. The summed E-state index contributed by atoms with van der Waals surface area (Å²) in [5, 5.41) is 5.44. The second-order valence-electron chi connectivity index (χ2n) is 5.91. The Labute approximate surface area is 158 Å². The number of carbonyl (C=O) groups is 1. The minimum Gasteiger partial charge on any atom is -0.370 e. The van der Waals surface area contributed by atoms with E-state index in [0.29, 0.717) is 24.8 Å². The summed E-state index contributed by atoms with van der Waals surface area (Å²) >= 11 is 0. The van der Waals surface area contributed by atoms with Crippen LogP contribution in [0, 0.1) is 23.3 Å². The highest BCUT2D eigenvalue weighted by atomic mass is 19.2. The van der Waals surface area contributed by atoms with Crippen LogP contribution >= 0.6 is 0 Å². The standard InChI is InChI=1S/C20H15F4N3O/c21-13-3-1-12(2-4-13)9-10-25-17-8-5-14(11-26-17)27-20(28)15-6-7-16(22)19(24)18(15)23/h1-8,11H,9-10H2,(H,25,26)(H,27,28). The smallest absolute Gasteiger partial charge is 0.258 e. The average Bonchev–Trinajstić information content (AvgIpc) is 2.69. The highest BCUT2D eigenvalue weighted by molar-refractivity contribution is 6.04. The average molecular weight is 389 g/mol. The minimum atomic E-state index is -1.70. The molecule has 3 rings (SSSR count). The first-order valence-corrected chi connectivity index (χ1v) is 8.33. The fourth-order valence-corrected chi connectivity index (χ4v) is 2.46. The Balaban J connectivity index is 1.56. The molecule has 3 aromatic rings. The minimum absolute atomic E-state index is 0.262. The summed E-state index contributed by atoms with van der Waals surface area (Å²) in [5.41, 5.74) is 0.616. The van der Waals surface area contributed by atoms with Crippen LogP contribution in [-0.4, -0.2) is 17.4 Å². The number of halogens is 4. The third-order valence-corrected chi connectivity index (χ3v) is 3.93. The Bertz CT molecular complexity index is 976. The van der Waals surface area contributed by atoms with Crippen LogP contribution in [0.2, 0.25) is 0 Å². The Morgan fingerprint density at radius 1 is 0.893 bits per heavy atom. The predicted octanol–water partition coefficient (Wildman–Crippen LogP) is 4.54. The Hall–Kier alpha value is -3.42. The SMILES string of the molecule is O=C(Nc1ccc(NCCc2ccc(F)cc2)nc1)c1ccc(F)c(F)c1F. The van der Waals surface area contributed by atoms with Crippen LogP contribution in [0.3, 0.4) is 0 Å². The van der Waals surface area contributed by atoms with Crippen LogP contribution < -0.4 is 10.6 Å². The highest BCUT2D eigenvalue weighted by Crippen LogP contribution is 2.17. The molecule has 8 heteroatoms. The van der Waals surface area contributed by atoms with Crippen molar-refractivity contribution in [2.24, 2.45) is 0 Å². The number of rotatable bonds is 6. The van der Waals surface area contributed by atoms with Crippen molar-refractivity contribution >= 4 is 17.4 Å². The molecule has 0 radical (unpaired) electrons. The van der Waals surface area contributed by atoms with Gasteiger partial charge in [0.25, 0.3) is 5.91 Å². The highest BCUT2D eigenvalue weighted by Gasteiger charge is 2.18. The lowest BCUT2D eigenvalue weighted by Gasteiger charge is -2.09. The number of nitrogens with zero attached hydrogens (tertiary/aromatic N) is 1. The molecule has 0 aliphatic rings. The Morgan fingerprint density at radius 2 is 1.64 bits per heavy atom. The normalized spacial score (nSPS) is 10.6. The van der Waals surface area contributed by atoms with Crippen molar-refractivity contribution in [2.75, 3.05) is 17.2 Å². The van der Waals surface area contributed by atoms with Gasteiger partial charge in [-0.1, -0.05) is 12.1 Å². The first-order valence-electron chi connectivity index (χ1n) is 8.33. The van der Waals surface area contributed by atoms with E-state index in [9.17, 15) is 22.4 Å². The summed E-state index contributed by atoms with van der Waals surface area (Å²) in [6, 6.07) is 10.8. The number of nitrogens with one attached hydrogen (secondary N) is 2. The molecule has 0 spiro atoms. The van der Waals surface area contributed by atoms with E-state index in [1.54, 1.807) is 18.2 Å². The molecule has 0 saturated heterocycles. The number of carbonyl (C=O) groups excluding carboxylic acids is 1. The summed E-state index contributed by atoms with van der Waals surface area (Å²) in [6.07, 6.45) is 2.01. The van der Waals surface area contributed by atoms with Crippen LogP contribution in [0.15, 0.2) is 54.7 Å². The van der Waals surface area contributed by atoms with Gasteiger partial charge in [0.1, 0.15) is 11.6 Å². The largest absolute Gasteiger partial charge is 0.370 e. The lowest BCUT2D eigenvalue weighted by molar-refractivity contribution is 0.102. The number of hydrogen-bond acceptors (Lipinski definition) is 3. The Kier molecular flexibility index (Phi) is 5.88. The molecular formula is C20H15F4N3O. The molecule has 0 aliphatic carbocycles. The first kappa shape index (κ1) is 19.3. The molecule has 2 aromatic carbocycles. The van der Waals surface area contributed by atoms with Crippen LogP contribution in [0.25, 0.3) is 0 Å². The van der Waals surface area contributed by atoms with Crippen molar-refractivity contribution in [1.29, 1.82) is 0 Å². The summed E-state index contributed by atoms with van der Waals surface area (Å²) in [4.78, 5) is 16.1. The fraction of sp³-hybridized carbons (Fsp3) is 0.100. The molecule has 4 nitrogen and oxygen atoms in total.